The molecule has 4 N–H and O–H groups in total. The van der Waals surface area contributed by atoms with Crippen molar-refractivity contribution in [1.29, 1.82) is 0 Å². The minimum Gasteiger partial charge on any atom is -0.348 e. The summed E-state index contributed by atoms with van der Waals surface area (Å²) in [6.45, 7) is 0.453. The maximum atomic E-state index is 11.9. The Morgan fingerprint density at radius 3 is 2.68 bits per heavy atom. The van der Waals surface area contributed by atoms with E-state index in [1.807, 2.05) is 30.3 Å². The fourth-order valence-corrected chi connectivity index (χ4v) is 1.77. The molecule has 1 aromatic heterocycles. The van der Waals surface area contributed by atoms with Gasteiger partial charge in [0, 0.05) is 12.7 Å². The molecule has 2 aromatic rings. The Hall–Kier alpha value is -2.11. The molecule has 1 amide bonds. The quantitative estimate of drug-likeness (QED) is 0.589. The van der Waals surface area contributed by atoms with Crippen LogP contribution >= 0.6 is 11.6 Å². The van der Waals surface area contributed by atoms with Crippen LogP contribution in [0.2, 0.25) is 5.02 Å². The molecular weight excluding hydrogens is 264 g/mol. The molecule has 0 aliphatic rings. The van der Waals surface area contributed by atoms with Crippen molar-refractivity contribution < 1.29 is 4.79 Å². The summed E-state index contributed by atoms with van der Waals surface area (Å²) in [5.41, 5.74) is 3.76. The average Bonchev–Trinajstić information content (AvgIpc) is 2.45. The molecule has 0 bridgehead atoms. The Balaban J connectivity index is 2.02. The molecule has 0 saturated carbocycles. The number of rotatable bonds is 4. The van der Waals surface area contributed by atoms with E-state index in [9.17, 15) is 4.79 Å². The number of amides is 1. The lowest BCUT2D eigenvalue weighted by Crippen LogP contribution is -2.23. The van der Waals surface area contributed by atoms with Gasteiger partial charge in [0.1, 0.15) is 0 Å². The third kappa shape index (κ3) is 3.43. The van der Waals surface area contributed by atoms with E-state index in [-0.39, 0.29) is 5.91 Å². The Bertz CT molecular complexity index is 574. The van der Waals surface area contributed by atoms with Crippen LogP contribution in [0.25, 0.3) is 0 Å². The average molecular weight is 277 g/mol. The van der Waals surface area contributed by atoms with Crippen molar-refractivity contribution in [3.05, 3.63) is 58.7 Å². The van der Waals surface area contributed by atoms with Crippen molar-refractivity contribution in [2.75, 3.05) is 5.43 Å². The molecule has 98 valence electrons. The van der Waals surface area contributed by atoms with Gasteiger partial charge in [-0.2, -0.15) is 0 Å². The number of nitrogen functional groups attached to an aromatic ring is 1. The van der Waals surface area contributed by atoms with Crippen LogP contribution < -0.4 is 16.6 Å². The first-order valence-electron chi connectivity index (χ1n) is 5.65. The van der Waals surface area contributed by atoms with Crippen LogP contribution in [-0.2, 0) is 6.54 Å². The summed E-state index contributed by atoms with van der Waals surface area (Å²) in [4.78, 5) is 15.9. The van der Waals surface area contributed by atoms with Gasteiger partial charge in [-0.3, -0.25) is 4.79 Å². The highest BCUT2D eigenvalue weighted by Crippen LogP contribution is 2.18. The summed E-state index contributed by atoms with van der Waals surface area (Å²) in [6, 6.07) is 11.2. The van der Waals surface area contributed by atoms with Crippen LogP contribution in [0.1, 0.15) is 15.9 Å². The third-order valence-corrected chi connectivity index (χ3v) is 2.82. The fraction of sp³-hybridized carbons (Fsp3) is 0.0769. The van der Waals surface area contributed by atoms with E-state index < -0.39 is 0 Å². The van der Waals surface area contributed by atoms with E-state index in [0.29, 0.717) is 22.9 Å². The van der Waals surface area contributed by atoms with Crippen LogP contribution in [0.4, 0.5) is 5.82 Å². The number of aromatic nitrogens is 1. The molecule has 6 heteroatoms. The van der Waals surface area contributed by atoms with Crippen molar-refractivity contribution in [2.24, 2.45) is 5.84 Å². The van der Waals surface area contributed by atoms with Gasteiger partial charge < -0.3 is 10.7 Å². The minimum atomic E-state index is -0.234. The molecule has 0 radical (unpaired) electrons. The van der Waals surface area contributed by atoms with Crippen molar-refractivity contribution in [1.82, 2.24) is 10.3 Å². The van der Waals surface area contributed by atoms with E-state index in [2.05, 4.69) is 15.7 Å². The summed E-state index contributed by atoms with van der Waals surface area (Å²) in [7, 11) is 0. The molecule has 0 saturated heterocycles. The molecule has 0 atom stereocenters. The fourth-order valence-electron chi connectivity index (χ4n) is 1.55. The standard InChI is InChI=1S/C13H13ClN4O/c14-11-6-10(8-16-12(11)18-15)13(19)17-7-9-4-2-1-3-5-9/h1-6,8H,7,15H2,(H,16,18)(H,17,19). The molecule has 2 rings (SSSR count). The molecule has 0 aliphatic heterocycles. The lowest BCUT2D eigenvalue weighted by molar-refractivity contribution is 0.0950. The van der Waals surface area contributed by atoms with Crippen LogP contribution in [0.5, 0.6) is 0 Å². The number of pyridine rings is 1. The zero-order valence-electron chi connectivity index (χ0n) is 10.1. The molecule has 0 spiro atoms. The second-order valence-corrected chi connectivity index (χ2v) is 4.27. The summed E-state index contributed by atoms with van der Waals surface area (Å²) in [5, 5.41) is 3.09. The van der Waals surface area contributed by atoms with Crippen molar-refractivity contribution in [3.63, 3.8) is 0 Å². The number of carbonyl (C=O) groups is 1. The lowest BCUT2D eigenvalue weighted by Gasteiger charge is -2.07. The van der Waals surface area contributed by atoms with Crippen molar-refractivity contribution in [2.45, 2.75) is 6.54 Å². The van der Waals surface area contributed by atoms with Gasteiger partial charge in [0.15, 0.2) is 5.82 Å². The van der Waals surface area contributed by atoms with Gasteiger partial charge >= 0.3 is 0 Å². The van der Waals surface area contributed by atoms with Gasteiger partial charge in [0.2, 0.25) is 0 Å². The van der Waals surface area contributed by atoms with Crippen LogP contribution in [0.3, 0.4) is 0 Å². The molecule has 0 fully saturated rings. The van der Waals surface area contributed by atoms with Gasteiger partial charge in [-0.15, -0.1) is 0 Å². The predicted octanol–water partition coefficient (Wildman–Crippen LogP) is 1.95. The van der Waals surface area contributed by atoms with Crippen molar-refractivity contribution >= 4 is 23.3 Å². The summed E-state index contributed by atoms with van der Waals surface area (Å²) in [6.07, 6.45) is 1.42. The van der Waals surface area contributed by atoms with Crippen molar-refractivity contribution in [3.8, 4) is 0 Å². The van der Waals surface area contributed by atoms with E-state index in [1.165, 1.54) is 12.3 Å². The normalized spacial score (nSPS) is 10.0. The molecule has 5 nitrogen and oxygen atoms in total. The number of nitrogens with two attached hydrogens (primary N) is 1. The van der Waals surface area contributed by atoms with Crippen LogP contribution in [0, 0.1) is 0 Å². The highest BCUT2D eigenvalue weighted by molar-refractivity contribution is 6.33. The largest absolute Gasteiger partial charge is 0.348 e. The number of hydrogen-bond acceptors (Lipinski definition) is 4. The second kappa shape index (κ2) is 6.17. The number of carbonyl (C=O) groups excluding carboxylic acids is 1. The highest BCUT2D eigenvalue weighted by Gasteiger charge is 2.09. The first-order valence-corrected chi connectivity index (χ1v) is 6.03. The minimum absolute atomic E-state index is 0.234. The number of nitrogens with zero attached hydrogens (tertiary/aromatic N) is 1. The Morgan fingerprint density at radius 2 is 2.05 bits per heavy atom. The third-order valence-electron chi connectivity index (χ3n) is 2.54. The van der Waals surface area contributed by atoms with Gasteiger partial charge in [-0.1, -0.05) is 41.9 Å². The topological polar surface area (TPSA) is 80.0 Å². The number of hydrogen-bond donors (Lipinski definition) is 3. The monoisotopic (exact) mass is 276 g/mol. The summed E-state index contributed by atoms with van der Waals surface area (Å²) >= 11 is 5.91. The predicted molar refractivity (Wildman–Crippen MR) is 74.7 cm³/mol. The highest BCUT2D eigenvalue weighted by atomic mass is 35.5. The number of benzene rings is 1. The maximum Gasteiger partial charge on any atom is 0.253 e. The number of anilines is 1. The smallest absolute Gasteiger partial charge is 0.253 e. The maximum absolute atomic E-state index is 11.9. The molecule has 1 heterocycles. The molecule has 0 unspecified atom stereocenters. The van der Waals surface area contributed by atoms with Gasteiger partial charge in [0.05, 0.1) is 10.6 Å². The number of halogens is 1. The number of nitrogens with one attached hydrogen (secondary N) is 2. The first-order chi connectivity index (χ1) is 9.20. The Labute approximate surface area is 115 Å². The Morgan fingerprint density at radius 1 is 1.32 bits per heavy atom. The van der Waals surface area contributed by atoms with E-state index in [4.69, 9.17) is 17.4 Å². The molecule has 0 aliphatic carbocycles. The van der Waals surface area contributed by atoms with Crippen LogP contribution in [-0.4, -0.2) is 10.9 Å². The van der Waals surface area contributed by atoms with Gasteiger partial charge in [-0.05, 0) is 11.6 Å². The van der Waals surface area contributed by atoms with E-state index >= 15 is 0 Å². The van der Waals surface area contributed by atoms with Gasteiger partial charge in [0.25, 0.3) is 5.91 Å². The number of hydrazine groups is 1. The van der Waals surface area contributed by atoms with Gasteiger partial charge in [-0.25, -0.2) is 10.8 Å². The molecular formula is C13H13ClN4O. The van der Waals surface area contributed by atoms with E-state index in [1.54, 1.807) is 0 Å². The SMILES string of the molecule is NNc1ncc(C(=O)NCc2ccccc2)cc1Cl. The van der Waals surface area contributed by atoms with E-state index in [0.717, 1.165) is 5.56 Å². The molecule has 19 heavy (non-hydrogen) atoms. The second-order valence-electron chi connectivity index (χ2n) is 3.87. The lowest BCUT2D eigenvalue weighted by atomic mass is 10.2. The first kappa shape index (κ1) is 13.3. The summed E-state index contributed by atoms with van der Waals surface area (Å²) < 4.78 is 0. The summed E-state index contributed by atoms with van der Waals surface area (Å²) in [5.74, 6) is 5.31. The zero-order valence-corrected chi connectivity index (χ0v) is 10.8. The molecule has 1 aromatic carbocycles. The zero-order chi connectivity index (χ0) is 13.7. The van der Waals surface area contributed by atoms with Crippen LogP contribution in [0.15, 0.2) is 42.6 Å². The Kier molecular flexibility index (Phi) is 4.33.